The summed E-state index contributed by atoms with van der Waals surface area (Å²) in [4.78, 5) is 35.9. The Labute approximate surface area is 200 Å². The van der Waals surface area contributed by atoms with Gasteiger partial charge in [-0.3, -0.25) is 9.59 Å². The maximum Gasteiger partial charge on any atom is 0.328 e. The molecule has 0 unspecified atom stereocenters. The molecule has 11 nitrogen and oxygen atoms in total. The smallest absolute Gasteiger partial charge is 0.328 e. The number of carboxylic acids is 1. The van der Waals surface area contributed by atoms with Crippen molar-refractivity contribution in [3.63, 3.8) is 0 Å². The summed E-state index contributed by atoms with van der Waals surface area (Å²) in [5.74, 6) is -0.634. The molecule has 0 saturated carbocycles. The molecule has 35 heavy (non-hydrogen) atoms. The van der Waals surface area contributed by atoms with E-state index in [1.807, 2.05) is 0 Å². The van der Waals surface area contributed by atoms with Gasteiger partial charge < -0.3 is 39.2 Å². The molecule has 3 rings (SSSR count). The number of hydrogen-bond donors (Lipinski definition) is 3. The van der Waals surface area contributed by atoms with Gasteiger partial charge in [0.2, 0.25) is 5.78 Å². The third kappa shape index (κ3) is 5.64. The first kappa shape index (κ1) is 25.4. The first-order valence-corrected chi connectivity index (χ1v) is 10.4. The molecular weight excluding hydrogens is 462 g/mol. The van der Waals surface area contributed by atoms with E-state index in [1.54, 1.807) is 12.1 Å². The summed E-state index contributed by atoms with van der Waals surface area (Å²) >= 11 is 0. The molecule has 0 aliphatic carbocycles. The predicted octanol–water partition coefficient (Wildman–Crippen LogP) is 1.66. The number of rotatable bonds is 10. The summed E-state index contributed by atoms with van der Waals surface area (Å²) in [5, 5.41) is 20.7. The number of benzene rings is 2. The fraction of sp³-hybridized carbons (Fsp3) is 0.292. The van der Waals surface area contributed by atoms with Gasteiger partial charge in [0.05, 0.1) is 33.0 Å². The number of carbonyl (C=O) groups excluding carboxylic acids is 2. The quantitative estimate of drug-likeness (QED) is 0.422. The SMILES string of the molecule is COc1cc(OC)c(OC)cc1C=C1Oc2cc(OCC(=O)N[C@H](C(=O)O)[C@H](C)O)ccc2C1=O. The van der Waals surface area contributed by atoms with Crippen molar-refractivity contribution in [1.29, 1.82) is 0 Å². The number of Topliss-reactive ketones (excluding diaryl/α,β-unsaturated/α-hetero) is 1. The van der Waals surface area contributed by atoms with E-state index < -0.39 is 30.6 Å². The maximum atomic E-state index is 12.8. The van der Waals surface area contributed by atoms with E-state index in [1.165, 1.54) is 52.5 Å². The highest BCUT2D eigenvalue weighted by Crippen LogP contribution is 2.39. The molecule has 186 valence electrons. The molecule has 0 saturated heterocycles. The molecule has 2 aromatic rings. The summed E-state index contributed by atoms with van der Waals surface area (Å²) in [6.07, 6.45) is 0.226. The van der Waals surface area contributed by atoms with E-state index in [-0.39, 0.29) is 23.0 Å². The molecule has 0 aromatic heterocycles. The van der Waals surface area contributed by atoms with E-state index in [4.69, 9.17) is 28.8 Å². The molecule has 0 radical (unpaired) electrons. The Morgan fingerprint density at radius 1 is 1.06 bits per heavy atom. The second-order valence-corrected chi connectivity index (χ2v) is 7.46. The monoisotopic (exact) mass is 487 g/mol. The van der Waals surface area contributed by atoms with Gasteiger partial charge in [-0.2, -0.15) is 0 Å². The van der Waals surface area contributed by atoms with Gasteiger partial charge in [0, 0.05) is 17.7 Å². The maximum absolute atomic E-state index is 12.8. The van der Waals surface area contributed by atoms with Crippen LogP contribution < -0.4 is 29.0 Å². The third-order valence-electron chi connectivity index (χ3n) is 5.10. The highest BCUT2D eigenvalue weighted by atomic mass is 16.5. The van der Waals surface area contributed by atoms with Crippen molar-refractivity contribution in [3.05, 3.63) is 47.2 Å². The van der Waals surface area contributed by atoms with E-state index in [9.17, 15) is 19.5 Å². The van der Waals surface area contributed by atoms with Gasteiger partial charge in [0.25, 0.3) is 5.91 Å². The molecule has 2 aromatic carbocycles. The molecule has 1 heterocycles. The molecule has 1 aliphatic rings. The lowest BCUT2D eigenvalue weighted by atomic mass is 10.1. The number of ketones is 1. The van der Waals surface area contributed by atoms with E-state index in [2.05, 4.69) is 5.32 Å². The number of carboxylic acid groups (broad SMARTS) is 1. The minimum Gasteiger partial charge on any atom is -0.496 e. The van der Waals surface area contributed by atoms with Crippen molar-refractivity contribution in [3.8, 4) is 28.7 Å². The first-order valence-electron chi connectivity index (χ1n) is 10.4. The minimum atomic E-state index is -1.46. The van der Waals surface area contributed by atoms with Crippen LogP contribution in [-0.4, -0.2) is 68.0 Å². The zero-order valence-corrected chi connectivity index (χ0v) is 19.5. The minimum absolute atomic E-state index is 0.0432. The first-order chi connectivity index (χ1) is 16.7. The molecular formula is C24H25NO10. The summed E-state index contributed by atoms with van der Waals surface area (Å²) in [6, 6.07) is 6.23. The van der Waals surface area contributed by atoms with Crippen molar-refractivity contribution in [1.82, 2.24) is 5.32 Å². The van der Waals surface area contributed by atoms with Gasteiger partial charge in [-0.25, -0.2) is 4.79 Å². The van der Waals surface area contributed by atoms with Gasteiger partial charge in [0.15, 0.2) is 29.9 Å². The van der Waals surface area contributed by atoms with Crippen LogP contribution in [0.1, 0.15) is 22.8 Å². The molecule has 1 amide bonds. The molecule has 11 heteroatoms. The summed E-state index contributed by atoms with van der Waals surface area (Å²) in [7, 11) is 4.47. The Balaban J connectivity index is 1.75. The van der Waals surface area contributed by atoms with Crippen LogP contribution >= 0.6 is 0 Å². The van der Waals surface area contributed by atoms with Gasteiger partial charge in [-0.15, -0.1) is 0 Å². The number of ether oxygens (including phenoxy) is 5. The number of allylic oxidation sites excluding steroid dienone is 1. The number of aliphatic hydroxyl groups excluding tert-OH is 1. The lowest BCUT2D eigenvalue weighted by Crippen LogP contribution is -2.49. The van der Waals surface area contributed by atoms with E-state index in [0.717, 1.165) is 0 Å². The van der Waals surface area contributed by atoms with Crippen LogP contribution in [0.25, 0.3) is 6.08 Å². The van der Waals surface area contributed by atoms with Gasteiger partial charge in [0.1, 0.15) is 17.2 Å². The number of aliphatic hydroxyl groups is 1. The van der Waals surface area contributed by atoms with Crippen LogP contribution in [0.15, 0.2) is 36.1 Å². The highest BCUT2D eigenvalue weighted by molar-refractivity contribution is 6.14. The largest absolute Gasteiger partial charge is 0.496 e. The Morgan fingerprint density at radius 2 is 1.71 bits per heavy atom. The molecule has 0 bridgehead atoms. The van der Waals surface area contributed by atoms with Crippen molar-refractivity contribution >= 4 is 23.7 Å². The van der Waals surface area contributed by atoms with Crippen molar-refractivity contribution < 1.29 is 48.3 Å². The van der Waals surface area contributed by atoms with Crippen molar-refractivity contribution in [2.75, 3.05) is 27.9 Å². The fourth-order valence-corrected chi connectivity index (χ4v) is 3.32. The lowest BCUT2D eigenvalue weighted by molar-refractivity contribution is -0.145. The van der Waals surface area contributed by atoms with Crippen LogP contribution in [0, 0.1) is 0 Å². The van der Waals surface area contributed by atoms with Crippen LogP contribution in [0.3, 0.4) is 0 Å². The summed E-state index contributed by atoms with van der Waals surface area (Å²) in [6.45, 7) is 0.742. The van der Waals surface area contributed by atoms with Crippen LogP contribution in [0.2, 0.25) is 0 Å². The normalized spacial score (nSPS) is 15.0. The number of methoxy groups -OCH3 is 3. The summed E-state index contributed by atoms with van der Waals surface area (Å²) in [5.41, 5.74) is 0.827. The number of fused-ring (bicyclic) bond motifs is 1. The Kier molecular flexibility index (Phi) is 7.82. The molecule has 0 fully saturated rings. The second-order valence-electron chi connectivity index (χ2n) is 7.46. The highest BCUT2D eigenvalue weighted by Gasteiger charge is 2.29. The number of hydrogen-bond acceptors (Lipinski definition) is 9. The Morgan fingerprint density at radius 3 is 2.31 bits per heavy atom. The van der Waals surface area contributed by atoms with Gasteiger partial charge >= 0.3 is 5.97 Å². The summed E-state index contributed by atoms with van der Waals surface area (Å²) < 4.78 is 27.1. The number of nitrogens with one attached hydrogen (secondary N) is 1. The van der Waals surface area contributed by atoms with E-state index >= 15 is 0 Å². The standard InChI is InChI=1S/C24H25NO10/c1-12(26)22(24(29)30)25-21(27)11-34-14-5-6-15-17(9-14)35-20(23(15)28)8-13-7-18(32-3)19(33-4)10-16(13)31-2/h5-10,12,22,26H,11H2,1-4H3,(H,25,27)(H,29,30)/t12-,22-/m0/s1. The molecule has 1 aliphatic heterocycles. The van der Waals surface area contributed by atoms with Gasteiger partial charge in [-0.1, -0.05) is 0 Å². The number of amides is 1. The lowest BCUT2D eigenvalue weighted by Gasteiger charge is -2.17. The second kappa shape index (κ2) is 10.8. The number of aliphatic carboxylic acids is 1. The molecule has 2 atom stereocenters. The Bertz CT molecular complexity index is 1170. The average Bonchev–Trinajstić information content (AvgIpc) is 3.14. The van der Waals surface area contributed by atoms with Crippen LogP contribution in [-0.2, 0) is 9.59 Å². The number of carbonyl (C=O) groups is 3. The molecule has 0 spiro atoms. The van der Waals surface area contributed by atoms with Crippen molar-refractivity contribution in [2.24, 2.45) is 0 Å². The molecule has 3 N–H and O–H groups in total. The van der Waals surface area contributed by atoms with Crippen LogP contribution in [0.5, 0.6) is 28.7 Å². The third-order valence-corrected chi connectivity index (χ3v) is 5.10. The Hall–Kier alpha value is -4.25. The van der Waals surface area contributed by atoms with Crippen molar-refractivity contribution in [2.45, 2.75) is 19.1 Å². The zero-order chi connectivity index (χ0) is 25.7. The zero-order valence-electron chi connectivity index (χ0n) is 19.5. The van der Waals surface area contributed by atoms with Gasteiger partial charge in [-0.05, 0) is 31.2 Å². The fourth-order valence-electron chi connectivity index (χ4n) is 3.32. The average molecular weight is 487 g/mol. The van der Waals surface area contributed by atoms with E-state index in [0.29, 0.717) is 28.4 Å². The topological polar surface area (TPSA) is 150 Å². The van der Waals surface area contributed by atoms with Crippen LogP contribution in [0.4, 0.5) is 0 Å². The predicted molar refractivity (Wildman–Crippen MR) is 122 cm³/mol.